The Labute approximate surface area is 65.5 Å². The minimum atomic E-state index is -5.13. The number of carboxylic acid groups (broad SMARTS) is 1. The van der Waals surface area contributed by atoms with E-state index in [2.05, 4.69) is 0 Å². The maximum absolute atomic E-state index is 12.3. The van der Waals surface area contributed by atoms with Crippen LogP contribution in [-0.2, 0) is 4.79 Å². The van der Waals surface area contributed by atoms with Gasteiger partial charge in [-0.25, -0.2) is 9.18 Å². The fourth-order valence-electron chi connectivity index (χ4n) is 0.568. The van der Waals surface area contributed by atoms with Crippen LogP contribution in [0.2, 0.25) is 0 Å². The van der Waals surface area contributed by atoms with Gasteiger partial charge in [-0.1, -0.05) is 6.92 Å². The molecule has 0 aliphatic heterocycles. The lowest BCUT2D eigenvalue weighted by molar-refractivity contribution is -0.145. The van der Waals surface area contributed by atoms with E-state index in [0.29, 0.717) is 0 Å². The Bertz CT molecular complexity index is 216. The van der Waals surface area contributed by atoms with Gasteiger partial charge in [-0.05, 0) is 6.42 Å². The van der Waals surface area contributed by atoms with Crippen LogP contribution >= 0.6 is 0 Å². The van der Waals surface area contributed by atoms with E-state index < -0.39 is 30.0 Å². The summed E-state index contributed by atoms with van der Waals surface area (Å²) in [5, 5.41) is 7.99. The number of allylic oxidation sites excluding steroid dienone is 1. The Balaban J connectivity index is 5.07. The van der Waals surface area contributed by atoms with Crippen LogP contribution in [-0.4, -0.2) is 17.3 Å². The summed E-state index contributed by atoms with van der Waals surface area (Å²) in [6, 6.07) is 0. The molecule has 0 aliphatic carbocycles. The minimum Gasteiger partial charge on any atom is -0.478 e. The first-order chi connectivity index (χ1) is 5.30. The number of carbonyl (C=O) groups is 1. The molecule has 0 atom stereocenters. The van der Waals surface area contributed by atoms with Crippen LogP contribution in [0.25, 0.3) is 0 Å². The van der Waals surface area contributed by atoms with Crippen LogP contribution in [0, 0.1) is 0 Å². The van der Waals surface area contributed by atoms with E-state index in [0.717, 1.165) is 6.92 Å². The highest BCUT2D eigenvalue weighted by atomic mass is 19.4. The Morgan fingerprint density at radius 3 is 1.92 bits per heavy atom. The zero-order valence-electron chi connectivity index (χ0n) is 6.07. The molecule has 0 rings (SSSR count). The van der Waals surface area contributed by atoms with E-state index in [1.165, 1.54) is 0 Å². The van der Waals surface area contributed by atoms with Crippen molar-refractivity contribution in [1.82, 2.24) is 0 Å². The molecular formula is C6H6F4O2. The maximum atomic E-state index is 12.3. The quantitative estimate of drug-likeness (QED) is 0.530. The third kappa shape index (κ3) is 2.52. The van der Waals surface area contributed by atoms with Gasteiger partial charge in [-0.2, -0.15) is 13.2 Å². The van der Waals surface area contributed by atoms with Crippen molar-refractivity contribution in [2.45, 2.75) is 19.5 Å². The molecule has 0 saturated carbocycles. The largest absolute Gasteiger partial charge is 0.478 e. The topological polar surface area (TPSA) is 37.3 Å². The first kappa shape index (κ1) is 10.9. The summed E-state index contributed by atoms with van der Waals surface area (Å²) in [5.41, 5.74) is -2.12. The van der Waals surface area contributed by atoms with E-state index in [4.69, 9.17) is 5.11 Å². The molecule has 0 aromatic carbocycles. The van der Waals surface area contributed by atoms with Gasteiger partial charge in [0.1, 0.15) is 5.83 Å². The molecule has 0 saturated heterocycles. The van der Waals surface area contributed by atoms with Crippen LogP contribution in [0.4, 0.5) is 17.6 Å². The normalized spacial score (nSPS) is 14.1. The van der Waals surface area contributed by atoms with Gasteiger partial charge >= 0.3 is 12.1 Å². The lowest BCUT2D eigenvalue weighted by Gasteiger charge is -2.07. The van der Waals surface area contributed by atoms with Gasteiger partial charge < -0.3 is 5.11 Å². The van der Waals surface area contributed by atoms with Crippen molar-refractivity contribution in [3.8, 4) is 0 Å². The lowest BCUT2D eigenvalue weighted by atomic mass is 10.2. The first-order valence-electron chi connectivity index (χ1n) is 2.99. The number of rotatable bonds is 2. The number of halogens is 4. The second-order valence-electron chi connectivity index (χ2n) is 1.94. The van der Waals surface area contributed by atoms with Crippen molar-refractivity contribution in [1.29, 1.82) is 0 Å². The first-order valence-corrected chi connectivity index (χ1v) is 2.99. The average molecular weight is 186 g/mol. The molecule has 0 aliphatic rings. The van der Waals surface area contributed by atoms with Crippen LogP contribution in [0.15, 0.2) is 11.4 Å². The second-order valence-corrected chi connectivity index (χ2v) is 1.94. The van der Waals surface area contributed by atoms with Crippen molar-refractivity contribution in [3.05, 3.63) is 11.4 Å². The van der Waals surface area contributed by atoms with Gasteiger partial charge in [0.15, 0.2) is 5.57 Å². The highest BCUT2D eigenvalue weighted by Gasteiger charge is 2.41. The van der Waals surface area contributed by atoms with Crippen molar-refractivity contribution in [3.63, 3.8) is 0 Å². The Hall–Kier alpha value is -1.07. The van der Waals surface area contributed by atoms with E-state index in [-0.39, 0.29) is 0 Å². The molecule has 12 heavy (non-hydrogen) atoms. The van der Waals surface area contributed by atoms with Gasteiger partial charge in [-0.15, -0.1) is 0 Å². The predicted octanol–water partition coefficient (Wildman–Crippen LogP) is 2.27. The number of hydrogen-bond acceptors (Lipinski definition) is 1. The molecule has 0 bridgehead atoms. The van der Waals surface area contributed by atoms with Gasteiger partial charge in [0.2, 0.25) is 0 Å². The lowest BCUT2D eigenvalue weighted by Crippen LogP contribution is -2.21. The fraction of sp³-hybridized carbons (Fsp3) is 0.500. The fourth-order valence-corrected chi connectivity index (χ4v) is 0.568. The third-order valence-corrected chi connectivity index (χ3v) is 1.08. The van der Waals surface area contributed by atoms with Crippen LogP contribution < -0.4 is 0 Å². The van der Waals surface area contributed by atoms with Gasteiger partial charge in [0.05, 0.1) is 0 Å². The summed E-state index contributed by atoms with van der Waals surface area (Å²) >= 11 is 0. The summed E-state index contributed by atoms with van der Waals surface area (Å²) in [6.45, 7) is 1.10. The Morgan fingerprint density at radius 2 is 1.83 bits per heavy atom. The molecule has 0 aromatic rings. The molecule has 0 heterocycles. The van der Waals surface area contributed by atoms with Gasteiger partial charge in [0.25, 0.3) is 0 Å². The molecule has 0 unspecified atom stereocenters. The highest BCUT2D eigenvalue weighted by Crippen LogP contribution is 2.29. The van der Waals surface area contributed by atoms with Crippen LogP contribution in [0.3, 0.4) is 0 Å². The molecule has 0 amide bonds. The van der Waals surface area contributed by atoms with Crippen molar-refractivity contribution in [2.24, 2.45) is 0 Å². The molecule has 70 valence electrons. The monoisotopic (exact) mass is 186 g/mol. The summed E-state index contributed by atoms with van der Waals surface area (Å²) in [5.74, 6) is -3.95. The van der Waals surface area contributed by atoms with E-state index in [9.17, 15) is 22.4 Å². The smallest absolute Gasteiger partial charge is 0.425 e. The summed E-state index contributed by atoms with van der Waals surface area (Å²) in [7, 11) is 0. The number of hydrogen-bond donors (Lipinski definition) is 1. The standard InChI is InChI=1S/C6H6F4O2/c1-2-3(7)4(5(11)12)6(8,9)10/h2H2,1H3,(H,11,12). The SMILES string of the molecule is CCC(F)=C(C(=O)O)C(F)(F)F. The number of alkyl halides is 3. The molecule has 1 N–H and O–H groups in total. The molecule has 0 aromatic heterocycles. The Morgan fingerprint density at radius 1 is 1.42 bits per heavy atom. The van der Waals surface area contributed by atoms with Crippen molar-refractivity contribution in [2.75, 3.05) is 0 Å². The van der Waals surface area contributed by atoms with Crippen LogP contribution in [0.1, 0.15) is 13.3 Å². The molecular weight excluding hydrogens is 180 g/mol. The second kappa shape index (κ2) is 3.55. The van der Waals surface area contributed by atoms with E-state index in [1.54, 1.807) is 0 Å². The third-order valence-electron chi connectivity index (χ3n) is 1.08. The molecule has 0 fully saturated rings. The number of aliphatic carboxylic acids is 1. The molecule has 0 spiro atoms. The van der Waals surface area contributed by atoms with E-state index >= 15 is 0 Å². The highest BCUT2D eigenvalue weighted by molar-refractivity contribution is 5.88. The Kier molecular flexibility index (Phi) is 3.24. The zero-order chi connectivity index (χ0) is 9.94. The summed E-state index contributed by atoms with van der Waals surface area (Å²) < 4.78 is 47.5. The van der Waals surface area contributed by atoms with Crippen LogP contribution in [0.5, 0.6) is 0 Å². The zero-order valence-corrected chi connectivity index (χ0v) is 6.07. The molecule has 2 nitrogen and oxygen atoms in total. The molecule has 6 heteroatoms. The minimum absolute atomic E-state index is 0.582. The number of carboxylic acids is 1. The van der Waals surface area contributed by atoms with Crippen molar-refractivity contribution < 1.29 is 27.5 Å². The maximum Gasteiger partial charge on any atom is 0.425 e. The average Bonchev–Trinajstić information content (AvgIpc) is 1.83. The van der Waals surface area contributed by atoms with Gasteiger partial charge in [0, 0.05) is 0 Å². The summed E-state index contributed by atoms with van der Waals surface area (Å²) in [4.78, 5) is 9.93. The van der Waals surface area contributed by atoms with E-state index in [1.807, 2.05) is 0 Å². The van der Waals surface area contributed by atoms with Crippen molar-refractivity contribution >= 4 is 5.97 Å². The van der Waals surface area contributed by atoms with Gasteiger partial charge in [-0.3, -0.25) is 0 Å². The predicted molar refractivity (Wildman–Crippen MR) is 32.1 cm³/mol. The summed E-state index contributed by atoms with van der Waals surface area (Å²) in [6.07, 6.45) is -5.72. The molecule has 0 radical (unpaired) electrons.